The number of hydrogen-bond donors (Lipinski definition) is 2. The Morgan fingerprint density at radius 2 is 2.00 bits per heavy atom. The highest BCUT2D eigenvalue weighted by Crippen LogP contribution is 2.18. The molecule has 1 amide bonds. The molecule has 98 valence electrons. The normalized spacial score (nSPS) is 21.8. The van der Waals surface area contributed by atoms with Crippen molar-refractivity contribution in [1.82, 2.24) is 10.2 Å². The Balaban J connectivity index is 1.61. The maximum atomic E-state index is 11.8. The lowest BCUT2D eigenvalue weighted by molar-refractivity contribution is -0.133. The van der Waals surface area contributed by atoms with Gasteiger partial charge in [0.2, 0.25) is 5.91 Å². The van der Waals surface area contributed by atoms with Gasteiger partial charge in [0.1, 0.15) is 0 Å². The van der Waals surface area contributed by atoms with E-state index in [0.29, 0.717) is 19.2 Å². The van der Waals surface area contributed by atoms with Gasteiger partial charge in [-0.25, -0.2) is 0 Å². The monoisotopic (exact) mass is 242 g/mol. The topological polar surface area (TPSA) is 61.8 Å². The predicted octanol–water partition coefficient (Wildman–Crippen LogP) is -0.262. The molecule has 0 atom stereocenters. The number of ether oxygens (including phenoxy) is 1. The second-order valence-electron chi connectivity index (χ2n) is 4.83. The molecule has 0 aromatic heterocycles. The Hall–Kier alpha value is -0.650. The number of piperidine rings is 1. The van der Waals surface area contributed by atoms with Crippen LogP contribution in [-0.4, -0.2) is 60.9 Å². The van der Waals surface area contributed by atoms with E-state index in [1.165, 1.54) is 12.8 Å². The Labute approximate surface area is 102 Å². The first-order valence-electron chi connectivity index (χ1n) is 6.53. The molecule has 2 aliphatic rings. The van der Waals surface area contributed by atoms with Crippen LogP contribution in [0.15, 0.2) is 0 Å². The summed E-state index contributed by atoms with van der Waals surface area (Å²) in [6.07, 6.45) is 4.40. The van der Waals surface area contributed by atoms with Gasteiger partial charge >= 0.3 is 0 Å². The number of aliphatic hydroxyl groups excluding tert-OH is 1. The van der Waals surface area contributed by atoms with E-state index in [0.717, 1.165) is 25.9 Å². The van der Waals surface area contributed by atoms with Crippen molar-refractivity contribution in [3.8, 4) is 0 Å². The highest BCUT2D eigenvalue weighted by atomic mass is 16.5. The van der Waals surface area contributed by atoms with Gasteiger partial charge < -0.3 is 20.1 Å². The molecule has 0 unspecified atom stereocenters. The number of rotatable bonds is 6. The van der Waals surface area contributed by atoms with Crippen molar-refractivity contribution in [2.45, 2.75) is 37.8 Å². The molecule has 1 saturated carbocycles. The smallest absolute Gasteiger partial charge is 0.236 e. The summed E-state index contributed by atoms with van der Waals surface area (Å²) in [5.41, 5.74) is 0. The van der Waals surface area contributed by atoms with Gasteiger partial charge in [-0.1, -0.05) is 0 Å². The van der Waals surface area contributed by atoms with Crippen molar-refractivity contribution in [2.75, 3.05) is 32.8 Å². The van der Waals surface area contributed by atoms with Gasteiger partial charge in [-0.05, 0) is 25.7 Å². The highest BCUT2D eigenvalue weighted by molar-refractivity contribution is 5.78. The van der Waals surface area contributed by atoms with E-state index in [2.05, 4.69) is 5.32 Å². The number of nitrogens with one attached hydrogen (secondary N) is 1. The fourth-order valence-electron chi connectivity index (χ4n) is 2.12. The number of likely N-dealkylation sites (tertiary alicyclic amines) is 1. The molecule has 5 nitrogen and oxygen atoms in total. The Morgan fingerprint density at radius 1 is 1.29 bits per heavy atom. The molecule has 2 rings (SSSR count). The molecule has 1 aliphatic carbocycles. The maximum absolute atomic E-state index is 11.8. The number of aliphatic hydroxyl groups is 1. The minimum atomic E-state index is 0.0739. The van der Waals surface area contributed by atoms with Gasteiger partial charge in [-0.15, -0.1) is 0 Å². The van der Waals surface area contributed by atoms with Crippen molar-refractivity contribution in [1.29, 1.82) is 0 Å². The van der Waals surface area contributed by atoms with Gasteiger partial charge in [0.05, 0.1) is 25.9 Å². The minimum absolute atomic E-state index is 0.0739. The van der Waals surface area contributed by atoms with Crippen molar-refractivity contribution in [3.63, 3.8) is 0 Å². The second-order valence-corrected chi connectivity index (χ2v) is 4.83. The fourth-order valence-corrected chi connectivity index (χ4v) is 2.12. The van der Waals surface area contributed by atoms with Crippen LogP contribution in [0.3, 0.4) is 0 Å². The van der Waals surface area contributed by atoms with E-state index in [-0.39, 0.29) is 18.6 Å². The molecule has 2 N–H and O–H groups in total. The first kappa shape index (κ1) is 12.8. The van der Waals surface area contributed by atoms with E-state index in [1.807, 2.05) is 4.90 Å². The number of amides is 1. The van der Waals surface area contributed by atoms with Crippen LogP contribution in [0.4, 0.5) is 0 Å². The van der Waals surface area contributed by atoms with Gasteiger partial charge in [-0.2, -0.15) is 0 Å². The largest absolute Gasteiger partial charge is 0.394 e. The number of carbonyl (C=O) groups is 1. The SMILES string of the molecule is O=C(CNC1CC1)N1CCC(OCCO)CC1. The zero-order valence-corrected chi connectivity index (χ0v) is 10.2. The lowest BCUT2D eigenvalue weighted by Crippen LogP contribution is -2.45. The summed E-state index contributed by atoms with van der Waals surface area (Å²) in [6, 6.07) is 0.587. The summed E-state index contributed by atoms with van der Waals surface area (Å²) in [5.74, 6) is 0.206. The molecule has 17 heavy (non-hydrogen) atoms. The van der Waals surface area contributed by atoms with Crippen molar-refractivity contribution < 1.29 is 14.6 Å². The first-order valence-corrected chi connectivity index (χ1v) is 6.53. The van der Waals surface area contributed by atoms with Crippen molar-refractivity contribution in [3.05, 3.63) is 0 Å². The molecule has 1 heterocycles. The summed E-state index contributed by atoms with van der Waals surface area (Å²) in [6.45, 7) is 2.52. The van der Waals surface area contributed by atoms with Crippen LogP contribution in [0.1, 0.15) is 25.7 Å². The van der Waals surface area contributed by atoms with Gasteiger partial charge in [-0.3, -0.25) is 4.79 Å². The average Bonchev–Trinajstić information content (AvgIpc) is 3.18. The van der Waals surface area contributed by atoms with E-state index < -0.39 is 0 Å². The average molecular weight is 242 g/mol. The van der Waals surface area contributed by atoms with Crippen LogP contribution in [0.25, 0.3) is 0 Å². The summed E-state index contributed by atoms with van der Waals surface area (Å²) in [5, 5.41) is 11.9. The van der Waals surface area contributed by atoms with E-state index >= 15 is 0 Å². The summed E-state index contributed by atoms with van der Waals surface area (Å²) >= 11 is 0. The molecule has 0 spiro atoms. The molecular formula is C12H22N2O3. The molecule has 1 aliphatic heterocycles. The van der Waals surface area contributed by atoms with Crippen LogP contribution in [0.5, 0.6) is 0 Å². The van der Waals surface area contributed by atoms with Crippen LogP contribution < -0.4 is 5.32 Å². The van der Waals surface area contributed by atoms with E-state index in [4.69, 9.17) is 9.84 Å². The molecule has 5 heteroatoms. The number of hydrogen-bond acceptors (Lipinski definition) is 4. The molecular weight excluding hydrogens is 220 g/mol. The van der Waals surface area contributed by atoms with E-state index in [9.17, 15) is 4.79 Å². The predicted molar refractivity (Wildman–Crippen MR) is 63.7 cm³/mol. The molecule has 0 bridgehead atoms. The van der Waals surface area contributed by atoms with Crippen LogP contribution >= 0.6 is 0 Å². The maximum Gasteiger partial charge on any atom is 0.236 e. The molecule has 0 aromatic rings. The summed E-state index contributed by atoms with van der Waals surface area (Å²) in [7, 11) is 0. The van der Waals surface area contributed by atoms with E-state index in [1.54, 1.807) is 0 Å². The zero-order valence-electron chi connectivity index (χ0n) is 10.2. The molecule has 0 aromatic carbocycles. The van der Waals surface area contributed by atoms with Crippen LogP contribution in [-0.2, 0) is 9.53 Å². The van der Waals surface area contributed by atoms with Crippen molar-refractivity contribution in [2.24, 2.45) is 0 Å². The lowest BCUT2D eigenvalue weighted by Gasteiger charge is -2.32. The quantitative estimate of drug-likeness (QED) is 0.673. The van der Waals surface area contributed by atoms with Crippen LogP contribution in [0, 0.1) is 0 Å². The van der Waals surface area contributed by atoms with Crippen LogP contribution in [0.2, 0.25) is 0 Å². The molecule has 0 radical (unpaired) electrons. The third-order valence-corrected chi connectivity index (χ3v) is 3.36. The fraction of sp³-hybridized carbons (Fsp3) is 0.917. The number of carbonyl (C=O) groups excluding carboxylic acids is 1. The molecule has 1 saturated heterocycles. The minimum Gasteiger partial charge on any atom is -0.394 e. The summed E-state index contributed by atoms with van der Waals surface area (Å²) < 4.78 is 5.46. The number of nitrogens with zero attached hydrogens (tertiary/aromatic N) is 1. The third-order valence-electron chi connectivity index (χ3n) is 3.36. The third kappa shape index (κ3) is 4.26. The Kier molecular flexibility index (Phi) is 4.76. The Morgan fingerprint density at radius 3 is 2.59 bits per heavy atom. The zero-order chi connectivity index (χ0) is 12.1. The van der Waals surface area contributed by atoms with Gasteiger partial charge in [0.15, 0.2) is 0 Å². The second kappa shape index (κ2) is 6.33. The summed E-state index contributed by atoms with van der Waals surface area (Å²) in [4.78, 5) is 13.7. The van der Waals surface area contributed by atoms with Crippen molar-refractivity contribution >= 4 is 5.91 Å². The standard InChI is InChI=1S/C12H22N2O3/c15-7-8-17-11-3-5-14(6-4-11)12(16)9-13-10-1-2-10/h10-11,13,15H,1-9H2. The van der Waals surface area contributed by atoms with Gasteiger partial charge in [0, 0.05) is 19.1 Å². The Bertz CT molecular complexity index is 248. The lowest BCUT2D eigenvalue weighted by atomic mass is 10.1. The highest BCUT2D eigenvalue weighted by Gasteiger charge is 2.25. The van der Waals surface area contributed by atoms with Gasteiger partial charge in [0.25, 0.3) is 0 Å². The molecule has 2 fully saturated rings. The first-order chi connectivity index (χ1) is 8.29.